The molecule has 26 nitrogen and oxygen atoms in total. The summed E-state index contributed by atoms with van der Waals surface area (Å²) in [5, 5.41) is 71.4. The number of methoxy groups -OCH3 is 5. The van der Waals surface area contributed by atoms with E-state index in [1.165, 1.54) is 40.4 Å². The van der Waals surface area contributed by atoms with Crippen LogP contribution in [0.3, 0.4) is 0 Å². The molecule has 2 bridgehead atoms. The molecule has 30 heteroatoms. The minimum Gasteiger partial charge on any atom is -0.492 e. The maximum absolute atomic E-state index is 14.4. The predicted molar refractivity (Wildman–Crippen MR) is 323 cm³/mol. The number of fused-ring (bicyclic) bond motifs is 2. The molecule has 4 heterocycles. The van der Waals surface area contributed by atoms with Gasteiger partial charge in [0, 0.05) is 44.0 Å². The first-order valence-corrected chi connectivity index (χ1v) is 32.2. The normalized spacial score (nSPS) is 35.4. The van der Waals surface area contributed by atoms with Gasteiger partial charge in [-0.15, -0.1) is 0 Å². The number of hydroxylamine groups is 1. The molecule has 1 aromatic rings. The average Bonchev–Trinajstić information content (AvgIpc) is 1.21. The number of likely N-dealkylation sites (N-methyl/N-ethyl adjacent to an activating group) is 1. The quantitative estimate of drug-likeness (QED) is 0.0250. The highest BCUT2D eigenvalue weighted by Crippen LogP contribution is 2.49. The second kappa shape index (κ2) is 32.0. The molecule has 9 N–H and O–H groups in total. The van der Waals surface area contributed by atoms with Crippen molar-refractivity contribution in [1.82, 2.24) is 16.1 Å². The van der Waals surface area contributed by atoms with E-state index < -0.39 is 144 Å². The lowest BCUT2D eigenvalue weighted by molar-refractivity contribution is -0.336. The molecule has 7 rings (SSSR count). The Hall–Kier alpha value is -3.82. The number of amides is 1. The van der Waals surface area contributed by atoms with Crippen LogP contribution in [-0.4, -0.2) is 229 Å². The van der Waals surface area contributed by atoms with Gasteiger partial charge in [-0.25, -0.2) is 4.79 Å². The Morgan fingerprint density at radius 1 is 0.885 bits per heavy atom. The number of ether oxygens (including phenoxy) is 12. The lowest BCUT2D eigenvalue weighted by Crippen LogP contribution is -2.65. The molecular weight excluding hydrogens is 1320 g/mol. The van der Waals surface area contributed by atoms with E-state index in [-0.39, 0.29) is 70.9 Å². The van der Waals surface area contributed by atoms with Crippen molar-refractivity contribution in [3.63, 3.8) is 0 Å². The fourth-order valence-corrected chi connectivity index (χ4v) is 14.3. The molecule has 1 amide bonds. The number of aliphatic hydroxyl groups excluding tert-OH is 4. The molecule has 2 aliphatic carbocycles. The van der Waals surface area contributed by atoms with Crippen molar-refractivity contribution in [3.05, 3.63) is 49.8 Å². The second-order valence-electron chi connectivity index (χ2n) is 20.9. The molecule has 1 unspecified atom stereocenters. The molecule has 0 spiro atoms. The van der Waals surface area contributed by atoms with Crippen LogP contribution in [0.15, 0.2) is 35.1 Å². The van der Waals surface area contributed by atoms with E-state index in [0.717, 1.165) is 40.5 Å². The lowest BCUT2D eigenvalue weighted by Gasteiger charge is -2.46. The van der Waals surface area contributed by atoms with E-state index in [2.05, 4.69) is 39.8 Å². The third-order valence-corrected chi connectivity index (χ3v) is 20.5. The van der Waals surface area contributed by atoms with Gasteiger partial charge in [0.05, 0.1) is 97.0 Å². The standard InChI is InChI=1S/C57H76IN3O23S3/c1-12-59-31-24-77-36(22-35(31)72-7)82-49-44(65)41(26(3)79-55(49)81-34-17-15-13-14-16-19-57(71)23-33(63)42(60-56(70)76-11)39(34)30(57)18-20-85-87-29(6)52(67)68)61-84-37-21-32(62)51(28(5)78-37)86-53(69)38-25(2)40(58)47(50(75-10)46(38)73-8)83-54-45(66)48(74-9)43(64)27(4)80-54/h13-14,18,26-29,31-32,34-37,41,43-45,48-49,51,54-55,59,61-62,64-66,71H,12,20-24H2,1-11H3,(H,60,70)(H,67,68)/b14-13-,30-18+/t26-,27+,28-,29?,31+,32+,34+,35+,36+,37+,41-,43+,44+,45-,48-,49-,51-,54+,55+,57+/m1/s1. The van der Waals surface area contributed by atoms with Crippen molar-refractivity contribution in [3.8, 4) is 40.9 Å². The number of thioether (sulfide) groups is 1. The van der Waals surface area contributed by atoms with Gasteiger partial charge in [0.1, 0.15) is 41.9 Å². The molecule has 0 aromatic heterocycles. The van der Waals surface area contributed by atoms with E-state index in [4.69, 9.17) is 61.7 Å². The number of nitrogens with one attached hydrogen (secondary N) is 3. The number of rotatable bonds is 23. The summed E-state index contributed by atoms with van der Waals surface area (Å²) in [6.07, 6.45) is -14.8. The Labute approximate surface area is 529 Å². The van der Waals surface area contributed by atoms with Crippen LogP contribution < -0.4 is 30.3 Å². The van der Waals surface area contributed by atoms with Crippen LogP contribution in [0, 0.1) is 34.2 Å². The second-order valence-corrected chi connectivity index (χ2v) is 25.9. The zero-order chi connectivity index (χ0) is 63.6. The molecule has 87 heavy (non-hydrogen) atoms. The summed E-state index contributed by atoms with van der Waals surface area (Å²) in [7, 11) is 8.90. The van der Waals surface area contributed by atoms with Gasteiger partial charge in [-0.3, -0.25) is 24.5 Å². The highest BCUT2D eigenvalue weighted by Gasteiger charge is 2.52. The largest absolute Gasteiger partial charge is 0.492 e. The van der Waals surface area contributed by atoms with Crippen molar-refractivity contribution in [2.45, 2.75) is 181 Å². The summed E-state index contributed by atoms with van der Waals surface area (Å²) in [6.45, 7) is 10.8. The monoisotopic (exact) mass is 1390 g/mol. The SMILES string of the molecule is CCN[C@H]1CO[C@@H](O[C@H]2[C@H](O[C@H]3C#C/C=C\C#C[C@]4(O)CC(=O)C(NC(=O)OC)=C3/C4=C\CSSC(C)C(=O)O)O[C@H](C)[C@@H](NO[C@H]3C[C@H](O)[C@H](SC(=O)c4c(C)c(I)c(O[C@@H]5O[C@@H](C)[C@H](O)[C@@H](OC)[C@H]5O)c(OC)c4OC)[C@@H](C)O3)[C@@H]2O)C[C@@H]1OC. The van der Waals surface area contributed by atoms with Gasteiger partial charge in [-0.05, 0) is 81.5 Å². The number of ketones is 1. The first-order chi connectivity index (χ1) is 41.4. The number of aliphatic hydroxyl groups is 5. The number of hydrogen-bond acceptors (Lipinski definition) is 27. The fourth-order valence-electron chi connectivity index (χ4n) is 10.6. The number of benzene rings is 1. The van der Waals surface area contributed by atoms with Crippen molar-refractivity contribution < 1.29 is 111 Å². The van der Waals surface area contributed by atoms with E-state index in [1.54, 1.807) is 40.9 Å². The fraction of sp³-hybridized carbons (Fsp3) is 0.649. The molecule has 0 radical (unpaired) electrons. The zero-order valence-corrected chi connectivity index (χ0v) is 54.3. The summed E-state index contributed by atoms with van der Waals surface area (Å²) in [5.74, 6) is 9.69. The molecule has 6 aliphatic rings. The summed E-state index contributed by atoms with van der Waals surface area (Å²) in [4.78, 5) is 59.3. The Balaban J connectivity index is 1.13. The molecule has 0 saturated carbocycles. The van der Waals surface area contributed by atoms with Gasteiger partial charge < -0.3 is 92.8 Å². The van der Waals surface area contributed by atoms with Crippen LogP contribution in [0.4, 0.5) is 4.79 Å². The topological polar surface area (TPSA) is 346 Å². The Kier molecular flexibility index (Phi) is 25.9. The van der Waals surface area contributed by atoms with Gasteiger partial charge >= 0.3 is 12.1 Å². The maximum Gasteiger partial charge on any atom is 0.411 e. The van der Waals surface area contributed by atoms with Gasteiger partial charge in [0.2, 0.25) is 17.2 Å². The molecule has 4 fully saturated rings. The minimum absolute atomic E-state index is 0.0121. The molecule has 4 saturated heterocycles. The van der Waals surface area contributed by atoms with E-state index >= 15 is 0 Å². The van der Waals surface area contributed by atoms with Crippen molar-refractivity contribution in [1.29, 1.82) is 0 Å². The number of carbonyl (C=O) groups is 4. The van der Waals surface area contributed by atoms with Gasteiger partial charge in [0.15, 0.2) is 41.8 Å². The van der Waals surface area contributed by atoms with Crippen LogP contribution in [0.2, 0.25) is 0 Å². The number of carbonyl (C=O) groups excluding carboxylic acids is 3. The highest BCUT2D eigenvalue weighted by molar-refractivity contribution is 14.1. The number of aliphatic carboxylic acids is 1. The van der Waals surface area contributed by atoms with Gasteiger partial charge in [0.25, 0.3) is 0 Å². The predicted octanol–water partition coefficient (Wildman–Crippen LogP) is 2.39. The van der Waals surface area contributed by atoms with E-state index in [9.17, 15) is 49.8 Å². The molecule has 482 valence electrons. The number of carboxylic acids is 1. The average molecular weight is 1390 g/mol. The molecule has 1 aromatic carbocycles. The first-order valence-electron chi connectivity index (χ1n) is 27.8. The van der Waals surface area contributed by atoms with Crippen LogP contribution in [0.1, 0.15) is 69.8 Å². The number of hydrogen-bond donors (Lipinski definition) is 9. The maximum atomic E-state index is 14.4. The third kappa shape index (κ3) is 16.5. The number of Topliss-reactive ketones (excluding diaryl/α,β-unsaturated/α-hetero) is 1. The lowest BCUT2D eigenvalue weighted by atomic mass is 9.75. The molecule has 4 aliphatic heterocycles. The van der Waals surface area contributed by atoms with Crippen LogP contribution in [0.5, 0.6) is 17.2 Å². The van der Waals surface area contributed by atoms with Crippen LogP contribution in [-0.2, 0) is 57.1 Å². The number of carboxylic acid groups (broad SMARTS) is 1. The molecule has 20 atom stereocenters. The van der Waals surface area contributed by atoms with Crippen molar-refractivity contribution in [2.75, 3.05) is 54.5 Å². The minimum atomic E-state index is -2.18. The smallest absolute Gasteiger partial charge is 0.411 e. The van der Waals surface area contributed by atoms with Gasteiger partial charge in [-0.1, -0.05) is 70.0 Å². The zero-order valence-electron chi connectivity index (χ0n) is 49.7. The summed E-state index contributed by atoms with van der Waals surface area (Å²) < 4.78 is 72.4. The summed E-state index contributed by atoms with van der Waals surface area (Å²) in [5.41, 5.74) is 0.780. The number of alkyl carbamates (subject to hydrolysis) is 1. The third-order valence-electron chi connectivity index (χ3n) is 15.2. The van der Waals surface area contributed by atoms with Gasteiger partial charge in [-0.2, -0.15) is 5.48 Å². The van der Waals surface area contributed by atoms with Crippen molar-refractivity contribution in [2.24, 2.45) is 0 Å². The van der Waals surface area contributed by atoms with E-state index in [0.29, 0.717) is 15.7 Å². The van der Waals surface area contributed by atoms with E-state index in [1.807, 2.05) is 29.5 Å². The highest BCUT2D eigenvalue weighted by atomic mass is 127. The first kappa shape index (κ1) is 70.6. The number of halogens is 1. The van der Waals surface area contributed by atoms with Crippen molar-refractivity contribution >= 4 is 78.9 Å². The molecular formula is C57H76IN3O23S3. The summed E-state index contributed by atoms with van der Waals surface area (Å²) >= 11 is 2.80. The summed E-state index contributed by atoms with van der Waals surface area (Å²) in [6, 6.07) is -1.34. The van der Waals surface area contributed by atoms with Crippen LogP contribution >= 0.6 is 55.9 Å². The number of allylic oxidation sites excluding steroid dienone is 3. The Morgan fingerprint density at radius 3 is 2.25 bits per heavy atom. The van der Waals surface area contributed by atoms with Crippen LogP contribution in [0.25, 0.3) is 0 Å². The Morgan fingerprint density at radius 2 is 1.60 bits per heavy atom. The Bertz CT molecular complexity index is 2850.